The summed E-state index contributed by atoms with van der Waals surface area (Å²) in [5.41, 5.74) is 0. The molecule has 0 amide bonds. The molecule has 0 fully saturated rings. The second-order valence-corrected chi connectivity index (χ2v) is 8.67. The average Bonchev–Trinajstić information content (AvgIpc) is 2.44. The van der Waals surface area contributed by atoms with Crippen molar-refractivity contribution >= 4 is 5.97 Å². The van der Waals surface area contributed by atoms with Crippen molar-refractivity contribution in [3.63, 3.8) is 0 Å². The van der Waals surface area contributed by atoms with Crippen LogP contribution in [-0.4, -0.2) is 35.6 Å². The van der Waals surface area contributed by atoms with Crippen LogP contribution in [0.4, 0.5) is 0 Å². The van der Waals surface area contributed by atoms with Gasteiger partial charge in [0, 0.05) is 26.1 Å². The molecule has 0 radical (unpaired) electrons. The Hall–Kier alpha value is -0.570. The number of hydrogen-bond acceptors (Lipinski definition) is 2. The first-order valence-electron chi connectivity index (χ1n) is 10.6. The molecule has 0 saturated heterocycles. The summed E-state index contributed by atoms with van der Waals surface area (Å²) in [6.07, 6.45) is 8.64. The molecule has 0 aromatic rings. The van der Waals surface area contributed by atoms with E-state index >= 15 is 0 Å². The maximum Gasteiger partial charge on any atom is 0.303 e. The molecular weight excluding hydrogens is 310 g/mol. The Morgan fingerprint density at radius 3 is 1.40 bits per heavy atom. The lowest BCUT2D eigenvalue weighted by molar-refractivity contribution is -0.137. The van der Waals surface area contributed by atoms with Crippen LogP contribution in [0.3, 0.4) is 0 Å². The van der Waals surface area contributed by atoms with Gasteiger partial charge in [-0.15, -0.1) is 0 Å². The van der Waals surface area contributed by atoms with E-state index in [0.29, 0.717) is 6.42 Å². The highest BCUT2D eigenvalue weighted by Gasteiger charge is 2.10. The molecule has 0 aromatic heterocycles. The van der Waals surface area contributed by atoms with Crippen LogP contribution < -0.4 is 0 Å². The van der Waals surface area contributed by atoms with Crippen molar-refractivity contribution in [2.24, 2.45) is 17.8 Å². The Morgan fingerprint density at radius 1 is 0.720 bits per heavy atom. The van der Waals surface area contributed by atoms with Crippen LogP contribution in [0.5, 0.6) is 0 Å². The minimum absolute atomic E-state index is 0.341. The van der Waals surface area contributed by atoms with Gasteiger partial charge in [-0.2, -0.15) is 0 Å². The summed E-state index contributed by atoms with van der Waals surface area (Å²) >= 11 is 0. The van der Waals surface area contributed by atoms with E-state index in [-0.39, 0.29) is 0 Å². The molecule has 3 nitrogen and oxygen atoms in total. The normalized spacial score (nSPS) is 11.3. The van der Waals surface area contributed by atoms with Crippen molar-refractivity contribution in [3.8, 4) is 0 Å². The standard InChI is InChI=1S/C12H27N.C10H20O2/c1-10(2)7-13(8-11(3)4)9-12(5)6;1-2-3-4-5-6-7-8-9-10(11)12/h10-12H,7-9H2,1-6H3;2-9H2,1H3,(H,11,12). The van der Waals surface area contributed by atoms with Gasteiger partial charge in [0.05, 0.1) is 0 Å². The molecule has 1 N–H and O–H groups in total. The number of hydrogen-bond donors (Lipinski definition) is 1. The van der Waals surface area contributed by atoms with Gasteiger partial charge in [0.15, 0.2) is 0 Å². The molecule has 0 spiro atoms. The lowest BCUT2D eigenvalue weighted by atomic mass is 10.1. The van der Waals surface area contributed by atoms with Gasteiger partial charge in [0.1, 0.15) is 0 Å². The molecule has 0 aliphatic carbocycles. The van der Waals surface area contributed by atoms with E-state index in [1.807, 2.05) is 0 Å². The van der Waals surface area contributed by atoms with E-state index in [4.69, 9.17) is 5.11 Å². The predicted octanol–water partition coefficient (Wildman–Crippen LogP) is 6.47. The highest BCUT2D eigenvalue weighted by atomic mass is 16.4. The van der Waals surface area contributed by atoms with Crippen molar-refractivity contribution in [1.82, 2.24) is 4.90 Å². The van der Waals surface area contributed by atoms with Gasteiger partial charge >= 0.3 is 5.97 Å². The van der Waals surface area contributed by atoms with E-state index in [1.165, 1.54) is 51.7 Å². The first-order valence-corrected chi connectivity index (χ1v) is 10.6. The Bertz CT molecular complexity index is 264. The third kappa shape index (κ3) is 25.8. The number of aliphatic carboxylic acids is 1. The van der Waals surface area contributed by atoms with Gasteiger partial charge in [-0.05, 0) is 24.2 Å². The summed E-state index contributed by atoms with van der Waals surface area (Å²) in [5.74, 6) is 1.70. The summed E-state index contributed by atoms with van der Waals surface area (Å²) < 4.78 is 0. The first-order chi connectivity index (χ1) is 11.7. The molecule has 0 unspecified atom stereocenters. The van der Waals surface area contributed by atoms with Crippen LogP contribution >= 0.6 is 0 Å². The Kier molecular flexibility index (Phi) is 19.4. The second-order valence-electron chi connectivity index (χ2n) is 8.67. The topological polar surface area (TPSA) is 40.5 Å². The van der Waals surface area contributed by atoms with Gasteiger partial charge in [-0.3, -0.25) is 4.79 Å². The van der Waals surface area contributed by atoms with E-state index in [0.717, 1.165) is 30.6 Å². The summed E-state index contributed by atoms with van der Waals surface area (Å²) in [4.78, 5) is 12.7. The van der Waals surface area contributed by atoms with Crippen LogP contribution in [0.1, 0.15) is 99.8 Å². The molecule has 0 saturated carbocycles. The Balaban J connectivity index is 0. The number of unbranched alkanes of at least 4 members (excludes halogenated alkanes) is 6. The van der Waals surface area contributed by atoms with Gasteiger partial charge in [-0.25, -0.2) is 0 Å². The van der Waals surface area contributed by atoms with Crippen LogP contribution in [0.2, 0.25) is 0 Å². The Morgan fingerprint density at radius 2 is 1.08 bits per heavy atom. The molecular formula is C22H47NO2. The summed E-state index contributed by atoms with van der Waals surface area (Å²) in [6.45, 7) is 19.7. The first kappa shape index (κ1) is 26.7. The van der Waals surface area contributed by atoms with Crippen LogP contribution in [0.15, 0.2) is 0 Å². The van der Waals surface area contributed by atoms with Crippen molar-refractivity contribution in [2.45, 2.75) is 99.8 Å². The quantitative estimate of drug-likeness (QED) is 0.362. The van der Waals surface area contributed by atoms with Crippen molar-refractivity contribution in [3.05, 3.63) is 0 Å². The Labute approximate surface area is 158 Å². The fourth-order valence-corrected chi connectivity index (χ4v) is 3.01. The number of nitrogens with zero attached hydrogens (tertiary/aromatic N) is 1. The van der Waals surface area contributed by atoms with Crippen LogP contribution in [0, 0.1) is 17.8 Å². The lowest BCUT2D eigenvalue weighted by Crippen LogP contribution is -2.34. The third-order valence-electron chi connectivity index (χ3n) is 3.86. The van der Waals surface area contributed by atoms with Crippen LogP contribution in [-0.2, 0) is 4.79 Å². The highest BCUT2D eigenvalue weighted by Crippen LogP contribution is 2.08. The highest BCUT2D eigenvalue weighted by molar-refractivity contribution is 5.66. The van der Waals surface area contributed by atoms with Gasteiger partial charge in [0.2, 0.25) is 0 Å². The molecule has 0 rings (SSSR count). The van der Waals surface area contributed by atoms with Gasteiger partial charge < -0.3 is 10.0 Å². The van der Waals surface area contributed by atoms with E-state index in [2.05, 4.69) is 53.4 Å². The fourth-order valence-electron chi connectivity index (χ4n) is 3.01. The predicted molar refractivity (Wildman–Crippen MR) is 111 cm³/mol. The SMILES string of the molecule is CC(C)CN(CC(C)C)CC(C)C.CCCCCCCCCC(=O)O. The number of carboxylic acid groups (broad SMARTS) is 1. The third-order valence-corrected chi connectivity index (χ3v) is 3.86. The lowest BCUT2D eigenvalue weighted by Gasteiger charge is -2.27. The summed E-state index contributed by atoms with van der Waals surface area (Å²) in [5, 5.41) is 8.35. The molecule has 0 heterocycles. The van der Waals surface area contributed by atoms with E-state index in [9.17, 15) is 4.79 Å². The smallest absolute Gasteiger partial charge is 0.303 e. The molecule has 25 heavy (non-hydrogen) atoms. The largest absolute Gasteiger partial charge is 0.481 e. The van der Waals surface area contributed by atoms with Crippen molar-refractivity contribution in [1.29, 1.82) is 0 Å². The van der Waals surface area contributed by atoms with Crippen molar-refractivity contribution < 1.29 is 9.90 Å². The number of rotatable bonds is 14. The summed E-state index contributed by atoms with van der Waals surface area (Å²) in [6, 6.07) is 0. The zero-order valence-corrected chi connectivity index (χ0v) is 18.3. The van der Waals surface area contributed by atoms with Gasteiger partial charge in [0.25, 0.3) is 0 Å². The zero-order valence-electron chi connectivity index (χ0n) is 18.3. The molecule has 152 valence electrons. The van der Waals surface area contributed by atoms with Crippen molar-refractivity contribution in [2.75, 3.05) is 19.6 Å². The number of carboxylic acids is 1. The molecule has 3 heteroatoms. The second kappa shape index (κ2) is 18.2. The van der Waals surface area contributed by atoms with Gasteiger partial charge in [-0.1, -0.05) is 87.0 Å². The zero-order chi connectivity index (χ0) is 19.7. The van der Waals surface area contributed by atoms with E-state index < -0.39 is 5.97 Å². The maximum absolute atomic E-state index is 10.1. The monoisotopic (exact) mass is 357 g/mol. The van der Waals surface area contributed by atoms with Crippen LogP contribution in [0.25, 0.3) is 0 Å². The minimum atomic E-state index is -0.663. The average molecular weight is 358 g/mol. The summed E-state index contributed by atoms with van der Waals surface area (Å²) in [7, 11) is 0. The number of carbonyl (C=O) groups is 1. The maximum atomic E-state index is 10.1. The fraction of sp³-hybridized carbons (Fsp3) is 0.955. The molecule has 0 bridgehead atoms. The van der Waals surface area contributed by atoms with E-state index in [1.54, 1.807) is 0 Å². The molecule has 0 aromatic carbocycles. The molecule has 0 aliphatic heterocycles. The minimum Gasteiger partial charge on any atom is -0.481 e. The molecule has 0 atom stereocenters. The molecule has 0 aliphatic rings.